The second-order valence-corrected chi connectivity index (χ2v) is 4.99. The number of hydrogen-bond donors (Lipinski definition) is 3. The Bertz CT molecular complexity index is 345. The first kappa shape index (κ1) is 16.9. The van der Waals surface area contributed by atoms with Crippen LogP contribution in [0.2, 0.25) is 0 Å². The monoisotopic (exact) mass is 281 g/mol. The smallest absolute Gasteiger partial charge is 0.127 e. The minimum atomic E-state index is -0.177. The van der Waals surface area contributed by atoms with Gasteiger partial charge >= 0.3 is 0 Å². The van der Waals surface area contributed by atoms with Crippen molar-refractivity contribution < 1.29 is 10.2 Å². The van der Waals surface area contributed by atoms with E-state index in [0.29, 0.717) is 0 Å². The molecule has 0 spiro atoms. The van der Waals surface area contributed by atoms with Crippen LogP contribution in [-0.2, 0) is 0 Å². The van der Waals surface area contributed by atoms with Gasteiger partial charge in [-0.3, -0.25) is 5.32 Å². The number of aliphatic hydroxyl groups is 2. The van der Waals surface area contributed by atoms with Crippen LogP contribution in [0.15, 0.2) is 28.5 Å². The second kappa shape index (κ2) is 9.69. The Morgan fingerprint density at radius 2 is 2.10 bits per heavy atom. The van der Waals surface area contributed by atoms with Crippen LogP contribution < -0.4 is 5.32 Å². The molecule has 1 saturated heterocycles. The summed E-state index contributed by atoms with van der Waals surface area (Å²) >= 11 is 0. The maximum atomic E-state index is 9.53. The van der Waals surface area contributed by atoms with Crippen LogP contribution in [-0.4, -0.2) is 54.3 Å². The average Bonchev–Trinajstić information content (AvgIpc) is 2.47. The van der Waals surface area contributed by atoms with Gasteiger partial charge in [0.15, 0.2) is 0 Å². The van der Waals surface area contributed by atoms with E-state index in [4.69, 9.17) is 5.11 Å². The van der Waals surface area contributed by atoms with Crippen molar-refractivity contribution in [3.05, 3.63) is 23.5 Å². The molecular weight excluding hydrogens is 254 g/mol. The molecule has 3 N–H and O–H groups in total. The number of aliphatic hydroxyl groups excluding tert-OH is 2. The predicted octanol–water partition coefficient (Wildman–Crippen LogP) is 1.25. The van der Waals surface area contributed by atoms with Crippen molar-refractivity contribution in [3.63, 3.8) is 0 Å². The molecule has 0 saturated carbocycles. The fraction of sp³-hybridized carbons (Fsp3) is 0.667. The van der Waals surface area contributed by atoms with E-state index in [1.807, 2.05) is 6.08 Å². The minimum absolute atomic E-state index is 0.0163. The minimum Gasteiger partial charge on any atom is -0.393 e. The highest BCUT2D eigenvalue weighted by Crippen LogP contribution is 2.17. The molecule has 20 heavy (non-hydrogen) atoms. The largest absolute Gasteiger partial charge is 0.393 e. The number of rotatable bonds is 8. The van der Waals surface area contributed by atoms with E-state index < -0.39 is 0 Å². The summed E-state index contributed by atoms with van der Waals surface area (Å²) in [6.45, 7) is 8.20. The highest BCUT2D eigenvalue weighted by atomic mass is 16.3. The number of nitrogens with zero attached hydrogens (tertiary/aromatic N) is 2. The first-order valence-electron chi connectivity index (χ1n) is 7.32. The van der Waals surface area contributed by atoms with E-state index in [2.05, 4.69) is 34.9 Å². The first-order valence-corrected chi connectivity index (χ1v) is 7.32. The normalized spacial score (nSPS) is 18.4. The Morgan fingerprint density at radius 3 is 2.65 bits per heavy atom. The predicted molar refractivity (Wildman–Crippen MR) is 82.5 cm³/mol. The molecule has 0 atom stereocenters. The maximum Gasteiger partial charge on any atom is 0.127 e. The third kappa shape index (κ3) is 5.86. The SMILES string of the molecule is C=N/C(=C\C=C(\CC)CCNCO)N1CCC(O)CC1. The summed E-state index contributed by atoms with van der Waals surface area (Å²) in [6.07, 6.45) is 7.39. The number of piperidine rings is 1. The zero-order chi connectivity index (χ0) is 14.8. The van der Waals surface area contributed by atoms with Crippen LogP contribution in [0.5, 0.6) is 0 Å². The quantitative estimate of drug-likeness (QED) is 0.271. The Balaban J connectivity index is 2.59. The van der Waals surface area contributed by atoms with Crippen LogP contribution in [0.3, 0.4) is 0 Å². The molecule has 0 unspecified atom stereocenters. The van der Waals surface area contributed by atoms with Crippen molar-refractivity contribution in [1.29, 1.82) is 0 Å². The van der Waals surface area contributed by atoms with Crippen molar-refractivity contribution in [3.8, 4) is 0 Å². The standard InChI is InChI=1S/C15H27N3O2/c1-3-13(6-9-17-12-19)4-5-15(16-2)18-10-7-14(20)8-11-18/h4-5,14,17,19-20H,2-3,6-12H2,1H3/b13-4-,15-5+. The van der Waals surface area contributed by atoms with E-state index >= 15 is 0 Å². The molecule has 5 nitrogen and oxygen atoms in total. The highest BCUT2D eigenvalue weighted by molar-refractivity contribution is 5.30. The van der Waals surface area contributed by atoms with Gasteiger partial charge in [-0.1, -0.05) is 18.6 Å². The molecule has 114 valence electrons. The van der Waals surface area contributed by atoms with Gasteiger partial charge in [0.2, 0.25) is 0 Å². The summed E-state index contributed by atoms with van der Waals surface area (Å²) in [6, 6.07) is 0. The van der Waals surface area contributed by atoms with Gasteiger partial charge in [-0.05, 0) is 38.5 Å². The lowest BCUT2D eigenvalue weighted by atomic mass is 10.1. The fourth-order valence-electron chi connectivity index (χ4n) is 2.25. The fourth-order valence-corrected chi connectivity index (χ4v) is 2.25. The van der Waals surface area contributed by atoms with Gasteiger partial charge in [0.25, 0.3) is 0 Å². The lowest BCUT2D eigenvalue weighted by molar-refractivity contribution is 0.0967. The molecular formula is C15H27N3O2. The third-order valence-electron chi connectivity index (χ3n) is 3.61. The number of likely N-dealkylation sites (tertiary alicyclic amines) is 1. The molecule has 1 aliphatic rings. The average molecular weight is 281 g/mol. The molecule has 0 aromatic heterocycles. The van der Waals surface area contributed by atoms with E-state index in [9.17, 15) is 5.11 Å². The molecule has 0 radical (unpaired) electrons. The summed E-state index contributed by atoms with van der Waals surface area (Å²) in [7, 11) is 0. The maximum absolute atomic E-state index is 9.53. The Labute approximate surface area is 121 Å². The summed E-state index contributed by atoms with van der Waals surface area (Å²) in [5.74, 6) is 0.873. The van der Waals surface area contributed by atoms with Crippen LogP contribution in [0.4, 0.5) is 0 Å². The summed E-state index contributed by atoms with van der Waals surface area (Å²) in [4.78, 5) is 6.26. The molecule has 0 aliphatic carbocycles. The highest BCUT2D eigenvalue weighted by Gasteiger charge is 2.17. The zero-order valence-electron chi connectivity index (χ0n) is 12.4. The molecule has 1 heterocycles. The van der Waals surface area contributed by atoms with Crippen molar-refractivity contribution >= 4 is 6.72 Å². The van der Waals surface area contributed by atoms with Crippen LogP contribution in [0.1, 0.15) is 32.6 Å². The molecule has 5 heteroatoms. The zero-order valence-corrected chi connectivity index (χ0v) is 12.4. The summed E-state index contributed by atoms with van der Waals surface area (Å²) in [5, 5.41) is 21.1. The van der Waals surface area contributed by atoms with Gasteiger partial charge in [-0.2, -0.15) is 0 Å². The number of allylic oxidation sites excluding steroid dienone is 2. The Hall–Kier alpha value is -1.17. The number of nitrogens with one attached hydrogen (secondary N) is 1. The summed E-state index contributed by atoms with van der Waals surface area (Å²) in [5.41, 5.74) is 1.31. The lowest BCUT2D eigenvalue weighted by Gasteiger charge is -2.31. The summed E-state index contributed by atoms with van der Waals surface area (Å²) < 4.78 is 0. The number of hydrogen-bond acceptors (Lipinski definition) is 5. The first-order chi connectivity index (χ1) is 9.71. The van der Waals surface area contributed by atoms with Crippen molar-refractivity contribution in [2.24, 2.45) is 4.99 Å². The third-order valence-corrected chi connectivity index (χ3v) is 3.61. The van der Waals surface area contributed by atoms with Crippen LogP contribution in [0, 0.1) is 0 Å². The van der Waals surface area contributed by atoms with Crippen molar-refractivity contribution in [2.45, 2.75) is 38.7 Å². The molecule has 0 bridgehead atoms. The molecule has 0 aromatic rings. The van der Waals surface area contributed by atoms with Gasteiger partial charge in [0.05, 0.1) is 12.8 Å². The molecule has 1 aliphatic heterocycles. The van der Waals surface area contributed by atoms with E-state index in [1.54, 1.807) is 0 Å². The van der Waals surface area contributed by atoms with Gasteiger partial charge < -0.3 is 15.1 Å². The van der Waals surface area contributed by atoms with Gasteiger partial charge in [0.1, 0.15) is 5.82 Å². The van der Waals surface area contributed by atoms with Crippen LogP contribution >= 0.6 is 0 Å². The topological polar surface area (TPSA) is 68.1 Å². The van der Waals surface area contributed by atoms with Crippen molar-refractivity contribution in [2.75, 3.05) is 26.4 Å². The molecule has 0 amide bonds. The van der Waals surface area contributed by atoms with Gasteiger partial charge in [0, 0.05) is 19.6 Å². The van der Waals surface area contributed by atoms with Gasteiger partial charge in [-0.25, -0.2) is 4.99 Å². The van der Waals surface area contributed by atoms with E-state index in [0.717, 1.165) is 51.1 Å². The van der Waals surface area contributed by atoms with E-state index in [-0.39, 0.29) is 12.8 Å². The Kier molecular flexibility index (Phi) is 8.18. The number of aliphatic imine (C=N–C) groups is 1. The lowest BCUT2D eigenvalue weighted by Crippen LogP contribution is -2.34. The van der Waals surface area contributed by atoms with E-state index in [1.165, 1.54) is 5.57 Å². The Morgan fingerprint density at radius 1 is 1.40 bits per heavy atom. The molecule has 0 aromatic carbocycles. The van der Waals surface area contributed by atoms with Crippen molar-refractivity contribution in [1.82, 2.24) is 10.2 Å². The van der Waals surface area contributed by atoms with Gasteiger partial charge in [-0.15, -0.1) is 0 Å². The molecule has 1 fully saturated rings. The second-order valence-electron chi connectivity index (χ2n) is 4.99. The molecule has 1 rings (SSSR count). The van der Waals surface area contributed by atoms with Crippen LogP contribution in [0.25, 0.3) is 0 Å².